The monoisotopic (exact) mass is 309 g/mol. The maximum absolute atomic E-state index is 11.8. The molecule has 1 saturated heterocycles. The second-order valence-corrected chi connectivity index (χ2v) is 5.57. The number of rotatable bonds is 3. The lowest BCUT2D eigenvalue weighted by molar-refractivity contribution is -0.150. The number of β-amino-alcohol motifs (C(OH)–C–C–N with tert-alkyl or cyclic N) is 1. The summed E-state index contributed by atoms with van der Waals surface area (Å²) in [6.07, 6.45) is 4.03. The lowest BCUT2D eigenvalue weighted by Crippen LogP contribution is -2.62. The van der Waals surface area contributed by atoms with Crippen LogP contribution in [0.5, 0.6) is 0 Å². The Kier molecular flexibility index (Phi) is 3.88. The second kappa shape index (κ2) is 5.24. The Morgan fingerprint density at radius 2 is 2.06 bits per heavy atom. The fourth-order valence-corrected chi connectivity index (χ4v) is 2.15. The van der Waals surface area contributed by atoms with Gasteiger partial charge in [-0.05, 0) is 30.2 Å². The first-order valence-corrected chi connectivity index (χ1v) is 6.77. The fraction of sp³-hybridized carbons (Fsp3) is 0.357. The lowest BCUT2D eigenvalue weighted by Gasteiger charge is -2.45. The average Bonchev–Trinajstić information content (AvgIpc) is 2.34. The van der Waals surface area contributed by atoms with Gasteiger partial charge in [-0.2, -0.15) is 0 Å². The highest BCUT2D eigenvalue weighted by Crippen LogP contribution is 2.24. The van der Waals surface area contributed by atoms with Crippen molar-refractivity contribution in [3.05, 3.63) is 40.4 Å². The van der Waals surface area contributed by atoms with Crippen LogP contribution in [0.2, 0.25) is 0 Å². The number of aliphatic hydroxyl groups is 1. The van der Waals surface area contributed by atoms with Crippen LogP contribution in [0.3, 0.4) is 0 Å². The van der Waals surface area contributed by atoms with E-state index in [9.17, 15) is 9.90 Å². The van der Waals surface area contributed by atoms with Gasteiger partial charge in [-0.3, -0.25) is 4.79 Å². The predicted molar refractivity (Wildman–Crippen MR) is 75.0 cm³/mol. The van der Waals surface area contributed by atoms with Crippen LogP contribution in [0.1, 0.15) is 18.9 Å². The van der Waals surface area contributed by atoms with E-state index in [1.54, 1.807) is 17.1 Å². The fourth-order valence-electron chi connectivity index (χ4n) is 1.89. The number of amides is 1. The van der Waals surface area contributed by atoms with E-state index in [4.69, 9.17) is 0 Å². The Morgan fingerprint density at radius 1 is 1.44 bits per heavy atom. The van der Waals surface area contributed by atoms with E-state index in [1.165, 1.54) is 0 Å². The van der Waals surface area contributed by atoms with E-state index in [2.05, 4.69) is 15.9 Å². The zero-order valence-corrected chi connectivity index (χ0v) is 11.9. The first kappa shape index (κ1) is 13.3. The van der Waals surface area contributed by atoms with Crippen LogP contribution in [0.4, 0.5) is 0 Å². The van der Waals surface area contributed by atoms with E-state index < -0.39 is 5.60 Å². The molecular formula is C14H16BrNO2. The first-order chi connectivity index (χ1) is 8.52. The summed E-state index contributed by atoms with van der Waals surface area (Å²) in [7, 11) is 0. The molecule has 1 aromatic carbocycles. The number of nitrogens with zero attached hydrogens (tertiary/aromatic N) is 1. The molecule has 0 unspecified atom stereocenters. The van der Waals surface area contributed by atoms with E-state index in [-0.39, 0.29) is 5.91 Å². The Balaban J connectivity index is 1.91. The van der Waals surface area contributed by atoms with Crippen LogP contribution in [0.15, 0.2) is 34.8 Å². The summed E-state index contributed by atoms with van der Waals surface area (Å²) in [5.41, 5.74) is 0.319. The van der Waals surface area contributed by atoms with Gasteiger partial charge in [0.25, 0.3) is 0 Å². The standard InChI is InChI=1S/C14H16BrNO2/c1-2-14(18)9-16(10-14)13(17)8-5-11-3-6-12(15)7-4-11/h3-8,18H,2,9-10H2,1H3. The minimum Gasteiger partial charge on any atom is -0.386 e. The second-order valence-electron chi connectivity index (χ2n) is 4.66. The molecule has 0 aromatic heterocycles. The van der Waals surface area contributed by atoms with Crippen molar-refractivity contribution in [2.24, 2.45) is 0 Å². The van der Waals surface area contributed by atoms with Gasteiger partial charge in [0.05, 0.1) is 18.7 Å². The third-order valence-electron chi connectivity index (χ3n) is 3.23. The largest absolute Gasteiger partial charge is 0.386 e. The molecule has 0 bridgehead atoms. The highest BCUT2D eigenvalue weighted by atomic mass is 79.9. The molecule has 0 atom stereocenters. The zero-order chi connectivity index (χ0) is 13.2. The molecule has 0 radical (unpaired) electrons. The molecule has 3 nitrogen and oxygen atoms in total. The molecule has 1 aromatic rings. The molecule has 0 spiro atoms. The molecule has 1 aliphatic heterocycles. The molecule has 1 aliphatic rings. The van der Waals surface area contributed by atoms with Gasteiger partial charge >= 0.3 is 0 Å². The third-order valence-corrected chi connectivity index (χ3v) is 3.76. The van der Waals surface area contributed by atoms with Gasteiger partial charge in [0.15, 0.2) is 0 Å². The van der Waals surface area contributed by atoms with E-state index >= 15 is 0 Å². The number of hydrogen-bond donors (Lipinski definition) is 1. The summed E-state index contributed by atoms with van der Waals surface area (Å²) in [5.74, 6) is -0.0453. The van der Waals surface area contributed by atoms with Gasteiger partial charge in [-0.1, -0.05) is 35.0 Å². The van der Waals surface area contributed by atoms with Crippen LogP contribution in [-0.2, 0) is 4.79 Å². The molecule has 0 saturated carbocycles. The lowest BCUT2D eigenvalue weighted by atomic mass is 9.91. The zero-order valence-electron chi connectivity index (χ0n) is 10.3. The highest BCUT2D eigenvalue weighted by Gasteiger charge is 2.41. The summed E-state index contributed by atoms with van der Waals surface area (Å²) in [5, 5.41) is 9.83. The third kappa shape index (κ3) is 3.00. The van der Waals surface area contributed by atoms with Crippen molar-refractivity contribution in [3.8, 4) is 0 Å². The first-order valence-electron chi connectivity index (χ1n) is 5.97. The summed E-state index contributed by atoms with van der Waals surface area (Å²) >= 11 is 3.36. The van der Waals surface area contributed by atoms with Gasteiger partial charge in [0.1, 0.15) is 0 Å². The van der Waals surface area contributed by atoms with Crippen molar-refractivity contribution in [2.75, 3.05) is 13.1 Å². The molecule has 18 heavy (non-hydrogen) atoms. The highest BCUT2D eigenvalue weighted by molar-refractivity contribution is 9.10. The summed E-state index contributed by atoms with van der Waals surface area (Å²) in [6, 6.07) is 7.74. The Labute approximate surface area is 115 Å². The van der Waals surface area contributed by atoms with Crippen molar-refractivity contribution < 1.29 is 9.90 Å². The van der Waals surface area contributed by atoms with Crippen LogP contribution in [0, 0.1) is 0 Å². The number of carbonyl (C=O) groups is 1. The molecule has 4 heteroatoms. The summed E-state index contributed by atoms with van der Waals surface area (Å²) < 4.78 is 1.02. The van der Waals surface area contributed by atoms with Gasteiger partial charge < -0.3 is 10.0 Å². The van der Waals surface area contributed by atoms with Crippen LogP contribution in [-0.4, -0.2) is 34.6 Å². The van der Waals surface area contributed by atoms with Crippen LogP contribution in [0.25, 0.3) is 6.08 Å². The maximum Gasteiger partial charge on any atom is 0.246 e. The maximum atomic E-state index is 11.8. The number of benzene rings is 1. The number of halogens is 1. The number of hydrogen-bond acceptors (Lipinski definition) is 2. The van der Waals surface area contributed by atoms with Crippen LogP contribution >= 0.6 is 15.9 Å². The van der Waals surface area contributed by atoms with Crippen molar-refractivity contribution >= 4 is 27.9 Å². The number of likely N-dealkylation sites (tertiary alicyclic amines) is 1. The summed E-state index contributed by atoms with van der Waals surface area (Å²) in [4.78, 5) is 13.4. The number of carbonyl (C=O) groups excluding carboxylic acids is 1. The Morgan fingerprint density at radius 3 is 2.61 bits per heavy atom. The van der Waals surface area contributed by atoms with Gasteiger partial charge in [-0.25, -0.2) is 0 Å². The Hall–Kier alpha value is -1.13. The molecule has 1 fully saturated rings. The minimum atomic E-state index is -0.666. The van der Waals surface area contributed by atoms with Crippen molar-refractivity contribution in [1.29, 1.82) is 0 Å². The average molecular weight is 310 g/mol. The normalized spacial score (nSPS) is 17.8. The minimum absolute atomic E-state index is 0.0453. The Bertz CT molecular complexity index is 461. The van der Waals surface area contributed by atoms with E-state index in [0.29, 0.717) is 19.5 Å². The predicted octanol–water partition coefficient (Wildman–Crippen LogP) is 2.45. The quantitative estimate of drug-likeness (QED) is 0.871. The van der Waals surface area contributed by atoms with Gasteiger partial charge in [-0.15, -0.1) is 0 Å². The van der Waals surface area contributed by atoms with Crippen molar-refractivity contribution in [1.82, 2.24) is 4.90 Å². The smallest absolute Gasteiger partial charge is 0.246 e. The van der Waals surface area contributed by atoms with Crippen LogP contribution < -0.4 is 0 Å². The van der Waals surface area contributed by atoms with Gasteiger partial charge in [0, 0.05) is 10.5 Å². The molecule has 96 valence electrons. The topological polar surface area (TPSA) is 40.5 Å². The van der Waals surface area contributed by atoms with Crippen molar-refractivity contribution in [3.63, 3.8) is 0 Å². The molecule has 2 rings (SSSR count). The van der Waals surface area contributed by atoms with Crippen molar-refractivity contribution in [2.45, 2.75) is 18.9 Å². The summed E-state index contributed by atoms with van der Waals surface area (Å²) in [6.45, 7) is 2.81. The molecule has 1 amide bonds. The van der Waals surface area contributed by atoms with E-state index in [1.807, 2.05) is 31.2 Å². The SMILES string of the molecule is CCC1(O)CN(C(=O)C=Cc2ccc(Br)cc2)C1. The van der Waals surface area contributed by atoms with Gasteiger partial charge in [0.2, 0.25) is 5.91 Å². The molecule has 0 aliphatic carbocycles. The molecule has 1 N–H and O–H groups in total. The molecule has 1 heterocycles. The molecular weight excluding hydrogens is 294 g/mol. The van der Waals surface area contributed by atoms with E-state index in [0.717, 1.165) is 10.0 Å².